The zero-order chi connectivity index (χ0) is 9.97. The molecule has 0 amide bonds. The highest BCUT2D eigenvalue weighted by molar-refractivity contribution is 5.80. The maximum absolute atomic E-state index is 8.71. The highest BCUT2D eigenvalue weighted by atomic mass is 15.3. The molecule has 4 heteroatoms. The fraction of sp³-hybridized carbons (Fsp3) is 0.200. The van der Waals surface area contributed by atoms with Crippen molar-refractivity contribution in [2.24, 2.45) is 5.73 Å². The minimum absolute atomic E-state index is 0.566. The lowest BCUT2D eigenvalue weighted by Gasteiger charge is -1.99. The molecule has 0 radical (unpaired) electrons. The van der Waals surface area contributed by atoms with Crippen molar-refractivity contribution in [1.29, 1.82) is 5.26 Å². The molecule has 0 aliphatic heterocycles. The molecule has 0 unspecified atom stereocenters. The Balaban J connectivity index is 2.55. The van der Waals surface area contributed by atoms with Crippen molar-refractivity contribution in [3.05, 3.63) is 30.0 Å². The van der Waals surface area contributed by atoms with Crippen molar-refractivity contribution < 1.29 is 0 Å². The smallest absolute Gasteiger partial charge is 0.0991 e. The van der Waals surface area contributed by atoms with E-state index in [9.17, 15) is 0 Å². The third kappa shape index (κ3) is 1.34. The summed E-state index contributed by atoms with van der Waals surface area (Å²) in [5.41, 5.74) is 7.13. The zero-order valence-corrected chi connectivity index (χ0v) is 7.64. The van der Waals surface area contributed by atoms with Crippen LogP contribution in [0.4, 0.5) is 0 Å². The number of aromatic nitrogens is 2. The number of nitriles is 1. The summed E-state index contributed by atoms with van der Waals surface area (Å²) in [5.74, 6) is 0. The number of nitrogens with zero attached hydrogens (tertiary/aromatic N) is 3. The molecule has 1 heterocycles. The lowest BCUT2D eigenvalue weighted by molar-refractivity contribution is 0.646. The summed E-state index contributed by atoms with van der Waals surface area (Å²) in [4.78, 5) is 0. The van der Waals surface area contributed by atoms with Gasteiger partial charge in [0.1, 0.15) is 0 Å². The van der Waals surface area contributed by atoms with Crippen LogP contribution in [0.2, 0.25) is 0 Å². The molecule has 0 aliphatic carbocycles. The van der Waals surface area contributed by atoms with Gasteiger partial charge in [-0.25, -0.2) is 0 Å². The monoisotopic (exact) mass is 186 g/mol. The fourth-order valence-electron chi connectivity index (χ4n) is 1.46. The molecule has 1 aromatic carbocycles. The Morgan fingerprint density at radius 3 is 3.07 bits per heavy atom. The molecule has 1 aromatic heterocycles. The summed E-state index contributed by atoms with van der Waals surface area (Å²) >= 11 is 0. The van der Waals surface area contributed by atoms with E-state index < -0.39 is 0 Å². The van der Waals surface area contributed by atoms with Gasteiger partial charge >= 0.3 is 0 Å². The van der Waals surface area contributed by atoms with E-state index in [2.05, 4.69) is 11.2 Å². The van der Waals surface area contributed by atoms with Gasteiger partial charge in [-0.15, -0.1) is 0 Å². The van der Waals surface area contributed by atoms with E-state index in [0.717, 1.165) is 10.9 Å². The molecule has 14 heavy (non-hydrogen) atoms. The van der Waals surface area contributed by atoms with Crippen LogP contribution in [0.3, 0.4) is 0 Å². The lowest BCUT2D eigenvalue weighted by Crippen LogP contribution is -2.10. The molecule has 2 aromatic rings. The van der Waals surface area contributed by atoms with E-state index in [1.165, 1.54) is 0 Å². The van der Waals surface area contributed by atoms with Gasteiger partial charge < -0.3 is 5.73 Å². The lowest BCUT2D eigenvalue weighted by atomic mass is 10.2. The Morgan fingerprint density at radius 1 is 1.50 bits per heavy atom. The first-order valence-corrected chi connectivity index (χ1v) is 4.41. The van der Waals surface area contributed by atoms with Gasteiger partial charge in [-0.3, -0.25) is 4.68 Å². The van der Waals surface area contributed by atoms with Crippen molar-refractivity contribution in [2.45, 2.75) is 6.54 Å². The summed E-state index contributed by atoms with van der Waals surface area (Å²) in [7, 11) is 0. The Hall–Kier alpha value is -1.86. The Morgan fingerprint density at radius 2 is 2.36 bits per heavy atom. The average Bonchev–Trinajstić information content (AvgIpc) is 2.61. The molecule has 70 valence electrons. The molecule has 0 spiro atoms. The first kappa shape index (κ1) is 8.73. The van der Waals surface area contributed by atoms with Crippen LogP contribution in [0.15, 0.2) is 24.4 Å². The van der Waals surface area contributed by atoms with Gasteiger partial charge in [-0.2, -0.15) is 10.4 Å². The number of hydrogen-bond acceptors (Lipinski definition) is 3. The van der Waals surface area contributed by atoms with Crippen molar-refractivity contribution in [2.75, 3.05) is 6.54 Å². The number of nitrogens with two attached hydrogens (primary N) is 1. The van der Waals surface area contributed by atoms with Crippen LogP contribution in [0.5, 0.6) is 0 Å². The topological polar surface area (TPSA) is 67.6 Å². The predicted molar refractivity (Wildman–Crippen MR) is 53.5 cm³/mol. The van der Waals surface area contributed by atoms with Gasteiger partial charge in [0.2, 0.25) is 0 Å². The zero-order valence-electron chi connectivity index (χ0n) is 7.64. The highest BCUT2D eigenvalue weighted by Gasteiger charge is 2.01. The van der Waals surface area contributed by atoms with Gasteiger partial charge in [0.25, 0.3) is 0 Å². The summed E-state index contributed by atoms with van der Waals surface area (Å²) in [6, 6.07) is 7.62. The maximum Gasteiger partial charge on any atom is 0.0991 e. The Bertz CT molecular complexity index is 492. The quantitative estimate of drug-likeness (QED) is 0.756. The molecule has 0 saturated heterocycles. The van der Waals surface area contributed by atoms with E-state index in [1.807, 2.05) is 16.8 Å². The third-order valence-corrected chi connectivity index (χ3v) is 2.11. The number of fused-ring (bicyclic) bond motifs is 1. The minimum atomic E-state index is 0.566. The first-order valence-electron chi connectivity index (χ1n) is 4.41. The van der Waals surface area contributed by atoms with E-state index in [0.29, 0.717) is 18.7 Å². The highest BCUT2D eigenvalue weighted by Crippen LogP contribution is 2.14. The van der Waals surface area contributed by atoms with Crippen molar-refractivity contribution in [1.82, 2.24) is 9.78 Å². The van der Waals surface area contributed by atoms with Crippen LogP contribution < -0.4 is 5.73 Å². The molecule has 0 atom stereocenters. The summed E-state index contributed by atoms with van der Waals surface area (Å²) in [6.07, 6.45) is 1.76. The molecule has 2 rings (SSSR count). The summed E-state index contributed by atoms with van der Waals surface area (Å²) in [6.45, 7) is 1.27. The second-order valence-corrected chi connectivity index (χ2v) is 3.04. The van der Waals surface area contributed by atoms with Gasteiger partial charge in [0.05, 0.1) is 29.9 Å². The molecule has 0 saturated carbocycles. The van der Waals surface area contributed by atoms with Crippen LogP contribution in [-0.4, -0.2) is 16.3 Å². The van der Waals surface area contributed by atoms with Crippen LogP contribution in [0, 0.1) is 11.3 Å². The standard InChI is InChI=1S/C10H10N4/c11-3-4-14-10-2-1-8(6-12)5-9(10)7-13-14/h1-2,5,7H,3-4,11H2. The van der Waals surface area contributed by atoms with Gasteiger partial charge in [0.15, 0.2) is 0 Å². The summed E-state index contributed by atoms with van der Waals surface area (Å²) in [5, 5.41) is 13.9. The number of benzene rings is 1. The van der Waals surface area contributed by atoms with Crippen LogP contribution in [-0.2, 0) is 6.54 Å². The molecule has 0 fully saturated rings. The van der Waals surface area contributed by atoms with E-state index in [-0.39, 0.29) is 0 Å². The summed E-state index contributed by atoms with van der Waals surface area (Å²) < 4.78 is 1.84. The Kier molecular flexibility index (Phi) is 2.17. The van der Waals surface area contributed by atoms with Gasteiger partial charge in [0, 0.05) is 11.9 Å². The minimum Gasteiger partial charge on any atom is -0.329 e. The SMILES string of the molecule is N#Cc1ccc2c(cnn2CCN)c1. The maximum atomic E-state index is 8.71. The Labute approximate surface area is 81.5 Å². The van der Waals surface area contributed by atoms with Crippen molar-refractivity contribution in [3.63, 3.8) is 0 Å². The van der Waals surface area contributed by atoms with Crippen molar-refractivity contribution in [3.8, 4) is 6.07 Å². The van der Waals surface area contributed by atoms with E-state index in [1.54, 1.807) is 12.3 Å². The number of rotatable bonds is 2. The van der Waals surface area contributed by atoms with Crippen LogP contribution >= 0.6 is 0 Å². The largest absolute Gasteiger partial charge is 0.329 e. The second kappa shape index (κ2) is 3.48. The molecule has 0 bridgehead atoms. The van der Waals surface area contributed by atoms with Gasteiger partial charge in [-0.1, -0.05) is 0 Å². The molecule has 4 nitrogen and oxygen atoms in total. The first-order chi connectivity index (χ1) is 6.85. The van der Waals surface area contributed by atoms with E-state index >= 15 is 0 Å². The van der Waals surface area contributed by atoms with Crippen LogP contribution in [0.1, 0.15) is 5.56 Å². The second-order valence-electron chi connectivity index (χ2n) is 3.04. The van der Waals surface area contributed by atoms with Gasteiger partial charge in [-0.05, 0) is 18.2 Å². The molecule has 0 aliphatic rings. The van der Waals surface area contributed by atoms with Crippen molar-refractivity contribution >= 4 is 10.9 Å². The number of hydrogen-bond donors (Lipinski definition) is 1. The fourth-order valence-corrected chi connectivity index (χ4v) is 1.46. The molecule has 2 N–H and O–H groups in total. The predicted octanol–water partition coefficient (Wildman–Crippen LogP) is 0.867. The molecular formula is C10H10N4. The normalized spacial score (nSPS) is 10.3. The van der Waals surface area contributed by atoms with E-state index in [4.69, 9.17) is 11.0 Å². The third-order valence-electron chi connectivity index (χ3n) is 2.11. The average molecular weight is 186 g/mol. The molecular weight excluding hydrogens is 176 g/mol. The van der Waals surface area contributed by atoms with Crippen LogP contribution in [0.25, 0.3) is 10.9 Å².